The van der Waals surface area contributed by atoms with E-state index >= 15 is 0 Å². The summed E-state index contributed by atoms with van der Waals surface area (Å²) < 4.78 is 3.88. The van der Waals surface area contributed by atoms with Gasteiger partial charge in [0, 0.05) is 0 Å². The van der Waals surface area contributed by atoms with Crippen LogP contribution in [0.25, 0.3) is 0 Å². The van der Waals surface area contributed by atoms with E-state index in [1.54, 1.807) is 0 Å². The topological polar surface area (TPSA) is 9.23 Å². The number of halogens is 2. The molecule has 32 valence electrons. The van der Waals surface area contributed by atoms with Crippen molar-refractivity contribution in [2.24, 2.45) is 0 Å². The molecule has 0 aromatic carbocycles. The molecule has 0 saturated carbocycles. The van der Waals surface area contributed by atoms with Crippen LogP contribution in [-0.4, -0.2) is 75.1 Å². The summed E-state index contributed by atoms with van der Waals surface area (Å²) in [6, 6.07) is 0. The average molecular weight is 527 g/mol. The van der Waals surface area contributed by atoms with E-state index in [0.717, 1.165) is 0 Å². The maximum absolute atomic E-state index is 3.88. The van der Waals surface area contributed by atoms with Crippen molar-refractivity contribution < 1.29 is 2.92 Å². The Labute approximate surface area is 108 Å². The van der Waals surface area contributed by atoms with Gasteiger partial charge in [0.25, 0.3) is 0 Å². The fourth-order valence-electron chi connectivity index (χ4n) is 0. The van der Waals surface area contributed by atoms with E-state index in [4.69, 9.17) is 0 Å². The van der Waals surface area contributed by atoms with E-state index in [0.29, 0.717) is 0 Å². The Morgan fingerprint density at radius 2 is 1.20 bits per heavy atom. The Morgan fingerprint density at radius 1 is 1.20 bits per heavy atom. The van der Waals surface area contributed by atoms with Crippen molar-refractivity contribution in [2.75, 3.05) is 0 Å². The summed E-state index contributed by atoms with van der Waals surface area (Å²) in [6.45, 7) is 0. The Hall–Kier alpha value is 3.37. The number of hydrogen-bond donors (Lipinski definition) is 0. The fourth-order valence-corrected chi connectivity index (χ4v) is 0. The molecule has 5 heavy (non-hydrogen) atoms. The summed E-state index contributed by atoms with van der Waals surface area (Å²) in [5, 5.41) is 0. The van der Waals surface area contributed by atoms with E-state index in [9.17, 15) is 0 Å². The minimum absolute atomic E-state index is 0. The standard InChI is InChI=1S/Ba.Bi.Br2O.5H/c;;1-3-2;;;;;. The molecule has 0 aliphatic carbocycles. The molecule has 0 bridgehead atoms. The predicted molar refractivity (Wildman–Crippen MR) is 37.4 cm³/mol. The van der Waals surface area contributed by atoms with Crippen LogP contribution in [-0.2, 0) is 2.92 Å². The first-order valence-corrected chi connectivity index (χ1v) is 1.60. The van der Waals surface area contributed by atoms with Gasteiger partial charge in [0.1, 0.15) is 32.5 Å². The second kappa shape index (κ2) is 15.7. The third-order valence-corrected chi connectivity index (χ3v) is 0. The van der Waals surface area contributed by atoms with Crippen molar-refractivity contribution in [3.05, 3.63) is 0 Å². The summed E-state index contributed by atoms with van der Waals surface area (Å²) in [5.41, 5.74) is 0. The molecule has 0 aliphatic heterocycles. The number of rotatable bonds is 0. The van der Waals surface area contributed by atoms with E-state index in [1.165, 1.54) is 0 Å². The van der Waals surface area contributed by atoms with E-state index < -0.39 is 0 Å². The number of hydrogen-bond acceptors (Lipinski definition) is 1. The first-order chi connectivity index (χ1) is 1.41. The zero-order valence-corrected chi connectivity index (χ0v) is 10.5. The van der Waals surface area contributed by atoms with Crippen LogP contribution in [0.15, 0.2) is 0 Å². The molecule has 0 aliphatic rings. The molecule has 0 unspecified atom stereocenters. The normalized spacial score (nSPS) is 3.60. The van der Waals surface area contributed by atoms with Crippen molar-refractivity contribution in [1.82, 2.24) is 0 Å². The van der Waals surface area contributed by atoms with Crippen molar-refractivity contribution in [2.45, 2.75) is 0 Å². The van der Waals surface area contributed by atoms with Gasteiger partial charge in [-0.3, -0.25) is 0 Å². The van der Waals surface area contributed by atoms with Gasteiger partial charge >= 0.3 is 75.1 Å². The van der Waals surface area contributed by atoms with Crippen LogP contribution >= 0.6 is 32.5 Å². The Kier molecular flexibility index (Phi) is 49.4. The van der Waals surface area contributed by atoms with Crippen molar-refractivity contribution in [1.29, 1.82) is 0 Å². The summed E-state index contributed by atoms with van der Waals surface area (Å²) in [5.74, 6) is 0. The van der Waals surface area contributed by atoms with Gasteiger partial charge in [-0.05, 0) is 0 Å². The summed E-state index contributed by atoms with van der Waals surface area (Å²) in [6.07, 6.45) is 0. The van der Waals surface area contributed by atoms with Crippen LogP contribution in [0, 0.1) is 0 Å². The molecule has 0 rings (SSSR count). The maximum atomic E-state index is 3.88. The van der Waals surface area contributed by atoms with E-state index in [1.807, 2.05) is 0 Å². The molecule has 1 nitrogen and oxygen atoms in total. The first-order valence-electron chi connectivity index (χ1n) is 0.309. The zero-order chi connectivity index (χ0) is 2.71. The van der Waals surface area contributed by atoms with Crippen LogP contribution in [0.1, 0.15) is 0 Å². The second-order valence-corrected chi connectivity index (χ2v) is 1.57. The zero-order valence-electron chi connectivity index (χ0n) is 1.87. The third kappa shape index (κ3) is 18.7. The third-order valence-electron chi connectivity index (χ3n) is 0. The van der Waals surface area contributed by atoms with Gasteiger partial charge in [0.15, 0.2) is 0 Å². The molecule has 0 fully saturated rings. The molecule has 5 heteroatoms. The second-order valence-electron chi connectivity index (χ2n) is 0.0583. The molecule has 0 radical (unpaired) electrons. The molecule has 0 atom stereocenters. The molecule has 0 amide bonds. The summed E-state index contributed by atoms with van der Waals surface area (Å²) in [4.78, 5) is 0. The monoisotopic (exact) mass is 526 g/mol. The van der Waals surface area contributed by atoms with Crippen molar-refractivity contribution >= 4 is 108 Å². The Morgan fingerprint density at radius 3 is 1.20 bits per heavy atom. The van der Waals surface area contributed by atoms with Crippen LogP contribution < -0.4 is 0 Å². The van der Waals surface area contributed by atoms with E-state index in [-0.39, 0.29) is 75.1 Å². The molecule has 0 aromatic heterocycles. The first kappa shape index (κ1) is 15.8. The molecule has 0 saturated heterocycles. The van der Waals surface area contributed by atoms with E-state index in [2.05, 4.69) is 35.4 Å². The molecule has 0 aromatic rings. The molecular weight excluding hydrogens is 522 g/mol. The SMILES string of the molecule is BrOBr.[BaH2].[BiH3]. The minimum atomic E-state index is 0. The van der Waals surface area contributed by atoms with Crippen LogP contribution in [0.2, 0.25) is 0 Å². The predicted octanol–water partition coefficient (Wildman–Crippen LogP) is -0.477. The van der Waals surface area contributed by atoms with Crippen molar-refractivity contribution in [3.8, 4) is 0 Å². The van der Waals surface area contributed by atoms with Gasteiger partial charge in [0.2, 0.25) is 0 Å². The molecule has 0 spiro atoms. The summed E-state index contributed by atoms with van der Waals surface area (Å²) >= 11 is 5.12. The van der Waals surface area contributed by atoms with Crippen LogP contribution in [0.5, 0.6) is 0 Å². The molecule has 0 N–H and O–H groups in total. The average Bonchev–Trinajstić information content (AvgIpc) is 0.918. The van der Waals surface area contributed by atoms with Gasteiger partial charge in [-0.25, -0.2) is 2.92 Å². The van der Waals surface area contributed by atoms with Gasteiger partial charge in [-0.2, -0.15) is 0 Å². The van der Waals surface area contributed by atoms with Gasteiger partial charge < -0.3 is 0 Å². The Bertz CT molecular complexity index is 9.61. The quantitative estimate of drug-likeness (QED) is 0.388. The van der Waals surface area contributed by atoms with Crippen molar-refractivity contribution in [3.63, 3.8) is 0 Å². The fraction of sp³-hybridized carbons (Fsp3) is 0. The van der Waals surface area contributed by atoms with Gasteiger partial charge in [-0.1, -0.05) is 0 Å². The summed E-state index contributed by atoms with van der Waals surface area (Å²) in [7, 11) is 0. The van der Waals surface area contributed by atoms with Crippen LogP contribution in [0.3, 0.4) is 0 Å². The molecule has 0 heterocycles. The Balaban J connectivity index is -0.0000000200. The van der Waals surface area contributed by atoms with Crippen LogP contribution in [0.4, 0.5) is 0 Å². The van der Waals surface area contributed by atoms with Gasteiger partial charge in [0.05, 0.1) is 0 Å². The molecular formula is H5BaBiBr2O. The van der Waals surface area contributed by atoms with Gasteiger partial charge in [-0.15, -0.1) is 0 Å².